The molecular weight excluding hydrogens is 190 g/mol. The van der Waals surface area contributed by atoms with Crippen LogP contribution in [0.25, 0.3) is 0 Å². The van der Waals surface area contributed by atoms with Crippen LogP contribution in [-0.2, 0) is 9.53 Å². The SMILES string of the molecule is CCOCSC(C)(C)[C@H](N)C(=O)O. The van der Waals surface area contributed by atoms with E-state index in [0.717, 1.165) is 0 Å². The molecule has 0 spiro atoms. The highest BCUT2D eigenvalue weighted by Crippen LogP contribution is 2.27. The van der Waals surface area contributed by atoms with Gasteiger partial charge in [0, 0.05) is 11.4 Å². The molecule has 5 heteroatoms. The minimum atomic E-state index is -0.978. The molecule has 0 aliphatic carbocycles. The molecule has 13 heavy (non-hydrogen) atoms. The van der Waals surface area contributed by atoms with Gasteiger partial charge in [0.1, 0.15) is 6.04 Å². The number of carboxylic acids is 1. The maximum Gasteiger partial charge on any atom is 0.321 e. The van der Waals surface area contributed by atoms with Crippen molar-refractivity contribution in [3.63, 3.8) is 0 Å². The molecule has 4 nitrogen and oxygen atoms in total. The number of nitrogens with two attached hydrogens (primary N) is 1. The molecule has 0 amide bonds. The van der Waals surface area contributed by atoms with Crippen molar-refractivity contribution in [2.24, 2.45) is 5.73 Å². The van der Waals surface area contributed by atoms with Crippen LogP contribution in [0.5, 0.6) is 0 Å². The fourth-order valence-corrected chi connectivity index (χ4v) is 1.50. The number of hydrogen-bond donors (Lipinski definition) is 2. The van der Waals surface area contributed by atoms with Gasteiger partial charge in [0.25, 0.3) is 0 Å². The van der Waals surface area contributed by atoms with Crippen LogP contribution in [0, 0.1) is 0 Å². The van der Waals surface area contributed by atoms with E-state index < -0.39 is 16.8 Å². The maximum atomic E-state index is 10.6. The van der Waals surface area contributed by atoms with Crippen LogP contribution < -0.4 is 5.73 Å². The van der Waals surface area contributed by atoms with Crippen molar-refractivity contribution in [3.8, 4) is 0 Å². The Morgan fingerprint density at radius 2 is 2.23 bits per heavy atom. The highest BCUT2D eigenvalue weighted by molar-refractivity contribution is 8.00. The van der Waals surface area contributed by atoms with Gasteiger partial charge in [-0.25, -0.2) is 0 Å². The number of rotatable bonds is 6. The van der Waals surface area contributed by atoms with E-state index in [-0.39, 0.29) is 0 Å². The molecule has 1 atom stereocenters. The van der Waals surface area contributed by atoms with E-state index in [4.69, 9.17) is 15.6 Å². The van der Waals surface area contributed by atoms with Gasteiger partial charge in [0.05, 0.1) is 5.94 Å². The summed E-state index contributed by atoms with van der Waals surface area (Å²) in [6.07, 6.45) is 0. The summed E-state index contributed by atoms with van der Waals surface area (Å²) >= 11 is 1.41. The van der Waals surface area contributed by atoms with E-state index >= 15 is 0 Å². The van der Waals surface area contributed by atoms with Gasteiger partial charge in [-0.05, 0) is 20.8 Å². The molecule has 0 rings (SSSR count). The molecule has 0 bridgehead atoms. The first-order valence-corrected chi connectivity index (χ1v) is 5.10. The van der Waals surface area contributed by atoms with Gasteiger partial charge >= 0.3 is 5.97 Å². The highest BCUT2D eigenvalue weighted by atomic mass is 32.2. The third-order valence-corrected chi connectivity index (χ3v) is 3.02. The van der Waals surface area contributed by atoms with Gasteiger partial charge in [-0.3, -0.25) is 4.79 Å². The maximum absolute atomic E-state index is 10.6. The summed E-state index contributed by atoms with van der Waals surface area (Å²) in [6.45, 7) is 6.13. The van der Waals surface area contributed by atoms with E-state index in [1.54, 1.807) is 13.8 Å². The third-order valence-electron chi connectivity index (χ3n) is 1.73. The van der Waals surface area contributed by atoms with Crippen LogP contribution in [0.2, 0.25) is 0 Å². The predicted octanol–water partition coefficient (Wildman–Crippen LogP) is 0.904. The molecule has 0 heterocycles. The van der Waals surface area contributed by atoms with Crippen LogP contribution in [0.1, 0.15) is 20.8 Å². The molecule has 0 radical (unpaired) electrons. The summed E-state index contributed by atoms with van der Waals surface area (Å²) in [6, 6.07) is -0.863. The normalized spacial score (nSPS) is 14.2. The molecule has 0 aromatic rings. The fourth-order valence-electron chi connectivity index (χ4n) is 0.664. The lowest BCUT2D eigenvalue weighted by Crippen LogP contribution is -2.46. The van der Waals surface area contributed by atoms with E-state index in [9.17, 15) is 4.79 Å². The summed E-state index contributed by atoms with van der Waals surface area (Å²) in [5.41, 5.74) is 5.50. The van der Waals surface area contributed by atoms with E-state index in [1.165, 1.54) is 11.8 Å². The van der Waals surface area contributed by atoms with Crippen molar-refractivity contribution >= 4 is 17.7 Å². The van der Waals surface area contributed by atoms with Gasteiger partial charge in [-0.1, -0.05) is 0 Å². The lowest BCUT2D eigenvalue weighted by Gasteiger charge is -2.27. The first-order valence-electron chi connectivity index (χ1n) is 4.12. The molecule has 0 aromatic carbocycles. The van der Waals surface area contributed by atoms with Crippen LogP contribution in [0.4, 0.5) is 0 Å². The minimum absolute atomic E-state index is 0.477. The second-order valence-electron chi connectivity index (χ2n) is 3.17. The van der Waals surface area contributed by atoms with Crippen LogP contribution in [-0.4, -0.2) is 34.4 Å². The Labute approximate surface area is 82.8 Å². The summed E-state index contributed by atoms with van der Waals surface area (Å²) in [5, 5.41) is 8.69. The first-order chi connectivity index (χ1) is 5.91. The number of ether oxygens (including phenoxy) is 1. The number of aliphatic carboxylic acids is 1. The van der Waals surface area contributed by atoms with Gasteiger partial charge < -0.3 is 15.6 Å². The standard InChI is InChI=1S/C8H17NO3S/c1-4-12-5-13-8(2,3)6(9)7(10)11/h6H,4-5,9H2,1-3H3,(H,10,11)/t6-/m1/s1. The second kappa shape index (κ2) is 5.47. The molecular formula is C8H17NO3S. The van der Waals surface area contributed by atoms with Crippen molar-refractivity contribution in [3.05, 3.63) is 0 Å². The lowest BCUT2D eigenvalue weighted by atomic mass is 10.1. The largest absolute Gasteiger partial charge is 0.480 e. The molecule has 0 aliphatic heterocycles. The first kappa shape index (κ1) is 12.7. The monoisotopic (exact) mass is 207 g/mol. The number of carboxylic acid groups (broad SMARTS) is 1. The van der Waals surface area contributed by atoms with E-state index in [0.29, 0.717) is 12.5 Å². The summed E-state index contributed by atoms with van der Waals surface area (Å²) in [5.74, 6) is -0.501. The van der Waals surface area contributed by atoms with E-state index in [1.807, 2.05) is 6.92 Å². The highest BCUT2D eigenvalue weighted by Gasteiger charge is 2.32. The Kier molecular flexibility index (Phi) is 5.36. The van der Waals surface area contributed by atoms with Gasteiger partial charge in [0.15, 0.2) is 0 Å². The van der Waals surface area contributed by atoms with Crippen molar-refractivity contribution in [1.82, 2.24) is 0 Å². The van der Waals surface area contributed by atoms with Crippen molar-refractivity contribution in [2.75, 3.05) is 12.5 Å². The van der Waals surface area contributed by atoms with Gasteiger partial charge in [-0.2, -0.15) is 0 Å². The smallest absolute Gasteiger partial charge is 0.321 e. The summed E-state index contributed by atoms with van der Waals surface area (Å²) < 4.78 is 4.61. The number of thioether (sulfide) groups is 1. The van der Waals surface area contributed by atoms with Crippen molar-refractivity contribution in [1.29, 1.82) is 0 Å². The Morgan fingerprint density at radius 1 is 1.69 bits per heavy atom. The van der Waals surface area contributed by atoms with Crippen LogP contribution in [0.3, 0.4) is 0 Å². The Hall–Kier alpha value is -0.260. The molecule has 0 saturated heterocycles. The van der Waals surface area contributed by atoms with Gasteiger partial charge in [0.2, 0.25) is 0 Å². The lowest BCUT2D eigenvalue weighted by molar-refractivity contribution is -0.139. The molecule has 0 aliphatic rings. The molecule has 3 N–H and O–H groups in total. The van der Waals surface area contributed by atoms with Crippen molar-refractivity contribution in [2.45, 2.75) is 31.6 Å². The zero-order chi connectivity index (χ0) is 10.5. The third kappa shape index (κ3) is 4.50. The number of carbonyl (C=O) groups is 1. The molecule has 0 fully saturated rings. The van der Waals surface area contributed by atoms with Gasteiger partial charge in [-0.15, -0.1) is 11.8 Å². The average molecular weight is 207 g/mol. The average Bonchev–Trinajstić information content (AvgIpc) is 2.03. The Balaban J connectivity index is 3.98. The molecule has 0 saturated carbocycles. The molecule has 0 aromatic heterocycles. The summed E-state index contributed by atoms with van der Waals surface area (Å²) in [7, 11) is 0. The zero-order valence-electron chi connectivity index (χ0n) is 8.24. The zero-order valence-corrected chi connectivity index (χ0v) is 9.06. The number of hydrogen-bond acceptors (Lipinski definition) is 4. The Morgan fingerprint density at radius 3 is 2.62 bits per heavy atom. The Bertz CT molecular complexity index is 173. The predicted molar refractivity (Wildman–Crippen MR) is 53.8 cm³/mol. The van der Waals surface area contributed by atoms with E-state index in [2.05, 4.69) is 0 Å². The van der Waals surface area contributed by atoms with Crippen LogP contribution in [0.15, 0.2) is 0 Å². The quantitative estimate of drug-likeness (QED) is 0.500. The second-order valence-corrected chi connectivity index (χ2v) is 4.75. The summed E-state index contributed by atoms with van der Waals surface area (Å²) in [4.78, 5) is 10.6. The minimum Gasteiger partial charge on any atom is -0.480 e. The van der Waals surface area contributed by atoms with Crippen LogP contribution >= 0.6 is 11.8 Å². The van der Waals surface area contributed by atoms with Crippen molar-refractivity contribution < 1.29 is 14.6 Å². The molecule has 0 unspecified atom stereocenters. The molecule has 78 valence electrons. The topological polar surface area (TPSA) is 72.5 Å². The fraction of sp³-hybridized carbons (Fsp3) is 0.875.